The van der Waals surface area contributed by atoms with Gasteiger partial charge in [0.1, 0.15) is 11.5 Å². The van der Waals surface area contributed by atoms with Gasteiger partial charge in [-0.2, -0.15) is 5.10 Å². The van der Waals surface area contributed by atoms with Crippen LogP contribution in [0.1, 0.15) is 26.3 Å². The minimum absolute atomic E-state index is 0.329. The Hall–Kier alpha value is -4.13. The van der Waals surface area contributed by atoms with Crippen LogP contribution in [0.2, 0.25) is 0 Å². The molecule has 0 aliphatic heterocycles. The predicted octanol–water partition coefficient (Wildman–Crippen LogP) is 3.74. The second-order valence-electron chi connectivity index (χ2n) is 6.83. The van der Waals surface area contributed by atoms with E-state index in [1.807, 2.05) is 31.1 Å². The average molecular weight is 417 g/mol. The van der Waals surface area contributed by atoms with Gasteiger partial charge in [-0.15, -0.1) is 0 Å². The molecule has 3 aromatic rings. The summed E-state index contributed by atoms with van der Waals surface area (Å²) in [7, 11) is 5.43. The molecule has 0 spiro atoms. The molecule has 1 amide bonds. The van der Waals surface area contributed by atoms with Gasteiger partial charge in [-0.1, -0.05) is 0 Å². The number of benzene rings is 3. The molecule has 0 heterocycles. The molecular formula is C24H23N3O4. The molecule has 158 valence electrons. The summed E-state index contributed by atoms with van der Waals surface area (Å²) in [6.07, 6.45) is 1.51. The highest BCUT2D eigenvalue weighted by atomic mass is 16.5. The number of esters is 1. The fraction of sp³-hybridized carbons (Fsp3) is 0.125. The van der Waals surface area contributed by atoms with Gasteiger partial charge in [-0.05, 0) is 78.4 Å². The molecule has 7 nitrogen and oxygen atoms in total. The van der Waals surface area contributed by atoms with E-state index in [0.29, 0.717) is 22.6 Å². The zero-order valence-electron chi connectivity index (χ0n) is 17.5. The van der Waals surface area contributed by atoms with E-state index in [-0.39, 0.29) is 5.91 Å². The number of ether oxygens (including phenoxy) is 2. The van der Waals surface area contributed by atoms with Gasteiger partial charge in [0.2, 0.25) is 0 Å². The van der Waals surface area contributed by atoms with Gasteiger partial charge in [-0.25, -0.2) is 10.2 Å². The van der Waals surface area contributed by atoms with Crippen molar-refractivity contribution in [1.82, 2.24) is 5.43 Å². The van der Waals surface area contributed by atoms with Crippen LogP contribution in [0.25, 0.3) is 0 Å². The molecule has 0 aliphatic carbocycles. The highest BCUT2D eigenvalue weighted by molar-refractivity contribution is 5.95. The van der Waals surface area contributed by atoms with Crippen molar-refractivity contribution in [2.45, 2.75) is 0 Å². The number of hydrogen-bond acceptors (Lipinski definition) is 6. The Morgan fingerprint density at radius 1 is 0.839 bits per heavy atom. The van der Waals surface area contributed by atoms with Crippen molar-refractivity contribution in [1.29, 1.82) is 0 Å². The molecule has 1 N–H and O–H groups in total. The van der Waals surface area contributed by atoms with Crippen LogP contribution in [-0.2, 0) is 0 Å². The number of nitrogens with one attached hydrogen (secondary N) is 1. The highest BCUT2D eigenvalue weighted by Gasteiger charge is 2.09. The minimum Gasteiger partial charge on any atom is -0.497 e. The summed E-state index contributed by atoms with van der Waals surface area (Å²) in [5.74, 6) is 0.329. The standard InChI is InChI=1S/C24H23N3O4/c1-27(2)20-10-6-19(7-11-20)24(29)31-22-12-4-17(5-13-22)16-25-26-23(28)18-8-14-21(30-3)15-9-18/h4-16H,1-3H3,(H,26,28). The van der Waals surface area contributed by atoms with Crippen LogP contribution in [-0.4, -0.2) is 39.3 Å². The molecule has 0 bridgehead atoms. The van der Waals surface area contributed by atoms with Crippen molar-refractivity contribution in [3.63, 3.8) is 0 Å². The Bertz CT molecular complexity index is 1060. The summed E-state index contributed by atoms with van der Waals surface area (Å²) in [5.41, 5.74) is 5.15. The highest BCUT2D eigenvalue weighted by Crippen LogP contribution is 2.16. The number of carbonyl (C=O) groups excluding carboxylic acids is 2. The van der Waals surface area contributed by atoms with Gasteiger partial charge >= 0.3 is 5.97 Å². The Morgan fingerprint density at radius 3 is 2.00 bits per heavy atom. The lowest BCUT2D eigenvalue weighted by atomic mass is 10.2. The lowest BCUT2D eigenvalue weighted by molar-refractivity contribution is 0.0734. The average Bonchev–Trinajstić information content (AvgIpc) is 2.80. The number of rotatable bonds is 7. The third-order valence-electron chi connectivity index (χ3n) is 4.44. The summed E-state index contributed by atoms with van der Waals surface area (Å²) < 4.78 is 10.5. The lowest BCUT2D eigenvalue weighted by Gasteiger charge is -2.12. The molecule has 3 rings (SSSR count). The van der Waals surface area contributed by atoms with Gasteiger partial charge in [0.15, 0.2) is 0 Å². The van der Waals surface area contributed by atoms with Crippen molar-refractivity contribution in [3.8, 4) is 11.5 Å². The Kier molecular flexibility index (Phi) is 7.01. The molecule has 0 unspecified atom stereocenters. The van der Waals surface area contributed by atoms with Crippen molar-refractivity contribution in [2.24, 2.45) is 5.10 Å². The number of amides is 1. The molecule has 0 fully saturated rings. The zero-order valence-corrected chi connectivity index (χ0v) is 17.5. The quantitative estimate of drug-likeness (QED) is 0.274. The molecule has 7 heteroatoms. The number of methoxy groups -OCH3 is 1. The molecule has 3 aromatic carbocycles. The number of hydrazone groups is 1. The van der Waals surface area contributed by atoms with Gasteiger partial charge in [0.05, 0.1) is 18.9 Å². The maximum atomic E-state index is 12.3. The van der Waals surface area contributed by atoms with E-state index in [9.17, 15) is 9.59 Å². The number of hydrogen-bond donors (Lipinski definition) is 1. The Labute approximate surface area is 180 Å². The Balaban J connectivity index is 1.54. The molecule has 0 aliphatic rings. The minimum atomic E-state index is -0.432. The first kappa shape index (κ1) is 21.6. The van der Waals surface area contributed by atoms with Gasteiger partial charge in [0, 0.05) is 25.3 Å². The monoisotopic (exact) mass is 417 g/mol. The van der Waals surface area contributed by atoms with Gasteiger partial charge in [-0.3, -0.25) is 4.79 Å². The van der Waals surface area contributed by atoms with Crippen molar-refractivity contribution in [3.05, 3.63) is 89.5 Å². The van der Waals surface area contributed by atoms with E-state index >= 15 is 0 Å². The second kappa shape index (κ2) is 10.1. The third-order valence-corrected chi connectivity index (χ3v) is 4.44. The van der Waals surface area contributed by atoms with Crippen LogP contribution in [0.15, 0.2) is 77.9 Å². The zero-order chi connectivity index (χ0) is 22.2. The molecule has 31 heavy (non-hydrogen) atoms. The number of anilines is 1. The van der Waals surface area contributed by atoms with E-state index in [4.69, 9.17) is 9.47 Å². The summed E-state index contributed by atoms with van der Waals surface area (Å²) in [6, 6.07) is 20.7. The first-order valence-corrected chi connectivity index (χ1v) is 9.53. The van der Waals surface area contributed by atoms with Gasteiger partial charge in [0.25, 0.3) is 5.91 Å². The topological polar surface area (TPSA) is 80.2 Å². The summed E-state index contributed by atoms with van der Waals surface area (Å²) in [5, 5.41) is 3.95. The van der Waals surface area contributed by atoms with Crippen LogP contribution in [0.3, 0.4) is 0 Å². The maximum Gasteiger partial charge on any atom is 0.343 e. The molecule has 0 aromatic heterocycles. The SMILES string of the molecule is COc1ccc(C(=O)NN=Cc2ccc(OC(=O)c3ccc(N(C)C)cc3)cc2)cc1. The van der Waals surface area contributed by atoms with Crippen molar-refractivity contribution in [2.75, 3.05) is 26.1 Å². The largest absolute Gasteiger partial charge is 0.497 e. The molecule has 0 atom stereocenters. The molecular weight excluding hydrogens is 394 g/mol. The third kappa shape index (κ3) is 5.93. The number of nitrogens with zero attached hydrogens (tertiary/aromatic N) is 2. The van der Waals surface area contributed by atoms with E-state index in [2.05, 4.69) is 10.5 Å². The van der Waals surface area contributed by atoms with Crippen LogP contribution in [0, 0.1) is 0 Å². The van der Waals surface area contributed by atoms with Crippen LogP contribution in [0.4, 0.5) is 5.69 Å². The fourth-order valence-electron chi connectivity index (χ4n) is 2.66. The van der Waals surface area contributed by atoms with Crippen LogP contribution in [0.5, 0.6) is 11.5 Å². The Morgan fingerprint density at radius 2 is 1.42 bits per heavy atom. The maximum absolute atomic E-state index is 12.3. The van der Waals surface area contributed by atoms with Crippen molar-refractivity contribution >= 4 is 23.8 Å². The summed E-state index contributed by atoms with van der Waals surface area (Å²) in [4.78, 5) is 26.3. The molecule has 0 saturated carbocycles. The van der Waals surface area contributed by atoms with Crippen LogP contribution >= 0.6 is 0 Å². The van der Waals surface area contributed by atoms with E-state index in [1.54, 1.807) is 67.8 Å². The summed E-state index contributed by atoms with van der Waals surface area (Å²) in [6.45, 7) is 0. The van der Waals surface area contributed by atoms with E-state index in [1.165, 1.54) is 6.21 Å². The number of carbonyl (C=O) groups is 2. The normalized spacial score (nSPS) is 10.5. The first-order valence-electron chi connectivity index (χ1n) is 9.53. The smallest absolute Gasteiger partial charge is 0.343 e. The van der Waals surface area contributed by atoms with Gasteiger partial charge < -0.3 is 14.4 Å². The van der Waals surface area contributed by atoms with Crippen molar-refractivity contribution < 1.29 is 19.1 Å². The summed E-state index contributed by atoms with van der Waals surface area (Å²) >= 11 is 0. The molecule has 0 radical (unpaired) electrons. The lowest BCUT2D eigenvalue weighted by Crippen LogP contribution is -2.17. The second-order valence-corrected chi connectivity index (χ2v) is 6.83. The first-order chi connectivity index (χ1) is 15.0. The van der Waals surface area contributed by atoms with E-state index < -0.39 is 5.97 Å². The van der Waals surface area contributed by atoms with Crippen LogP contribution < -0.4 is 19.8 Å². The molecule has 0 saturated heterocycles. The van der Waals surface area contributed by atoms with E-state index in [0.717, 1.165) is 11.3 Å². The predicted molar refractivity (Wildman–Crippen MR) is 120 cm³/mol. The fourth-order valence-corrected chi connectivity index (χ4v) is 2.66.